The van der Waals surface area contributed by atoms with Gasteiger partial charge < -0.3 is 10.4 Å². The van der Waals surface area contributed by atoms with E-state index in [1.807, 2.05) is 11.6 Å². The van der Waals surface area contributed by atoms with Crippen molar-refractivity contribution in [1.29, 1.82) is 0 Å². The van der Waals surface area contributed by atoms with Crippen LogP contribution in [-0.2, 0) is 13.0 Å². The van der Waals surface area contributed by atoms with E-state index in [1.54, 1.807) is 0 Å². The van der Waals surface area contributed by atoms with Crippen LogP contribution in [0.25, 0.3) is 0 Å². The summed E-state index contributed by atoms with van der Waals surface area (Å²) in [5, 5.41) is 18.2. The molecule has 1 aliphatic rings. The molecule has 0 aromatic carbocycles. The molecular weight excluding hydrogens is 294 g/mol. The van der Waals surface area contributed by atoms with Crippen molar-refractivity contribution in [3.63, 3.8) is 0 Å². The molecule has 1 saturated heterocycles. The number of hydrogen-bond acceptors (Lipinski definition) is 3. The third-order valence-corrected chi connectivity index (χ3v) is 4.77. The Bertz CT molecular complexity index is 399. The second kappa shape index (κ2) is 6.17. The van der Waals surface area contributed by atoms with Gasteiger partial charge in [0, 0.05) is 19.5 Å². The van der Waals surface area contributed by atoms with Crippen LogP contribution in [0.4, 0.5) is 0 Å². The lowest BCUT2D eigenvalue weighted by atomic mass is 9.91. The molecule has 1 aromatic heterocycles. The Labute approximate surface area is 117 Å². The third-order valence-electron chi connectivity index (χ3n) is 3.73. The van der Waals surface area contributed by atoms with Gasteiger partial charge in [0.15, 0.2) is 0 Å². The number of rotatable bonds is 4. The minimum Gasteiger partial charge on any atom is -0.392 e. The SMILES string of the molecule is CCn1nc(C)c(Br)c1CC(O)C1CCCNC1. The van der Waals surface area contributed by atoms with Gasteiger partial charge in [-0.05, 0) is 55.1 Å². The fraction of sp³-hybridized carbons (Fsp3) is 0.769. The molecule has 0 amide bonds. The Morgan fingerprint density at radius 2 is 2.39 bits per heavy atom. The molecule has 18 heavy (non-hydrogen) atoms. The molecule has 0 radical (unpaired) electrons. The summed E-state index contributed by atoms with van der Waals surface area (Å²) in [6.45, 7) is 6.93. The van der Waals surface area contributed by atoms with Crippen LogP contribution in [0, 0.1) is 12.8 Å². The number of aliphatic hydroxyl groups is 1. The van der Waals surface area contributed by atoms with Crippen molar-refractivity contribution >= 4 is 15.9 Å². The number of hydrogen-bond donors (Lipinski definition) is 2. The zero-order valence-corrected chi connectivity index (χ0v) is 12.7. The lowest BCUT2D eigenvalue weighted by molar-refractivity contribution is 0.0901. The number of aromatic nitrogens is 2. The van der Waals surface area contributed by atoms with E-state index >= 15 is 0 Å². The standard InChI is InChI=1S/C13H22BrN3O/c1-3-17-11(13(14)9(2)16-17)7-12(18)10-5-4-6-15-8-10/h10,12,15,18H,3-8H2,1-2H3. The van der Waals surface area contributed by atoms with Crippen LogP contribution in [-0.4, -0.2) is 34.1 Å². The topological polar surface area (TPSA) is 50.1 Å². The molecular formula is C13H22BrN3O. The van der Waals surface area contributed by atoms with Gasteiger partial charge in [0.25, 0.3) is 0 Å². The van der Waals surface area contributed by atoms with Crippen LogP contribution in [0.2, 0.25) is 0 Å². The Morgan fingerprint density at radius 3 is 3.00 bits per heavy atom. The molecule has 0 saturated carbocycles. The van der Waals surface area contributed by atoms with Crippen LogP contribution in [0.5, 0.6) is 0 Å². The number of aliphatic hydroxyl groups excluding tert-OH is 1. The van der Waals surface area contributed by atoms with Crippen molar-refractivity contribution in [2.75, 3.05) is 13.1 Å². The van der Waals surface area contributed by atoms with Crippen LogP contribution in [0.3, 0.4) is 0 Å². The smallest absolute Gasteiger partial charge is 0.0738 e. The van der Waals surface area contributed by atoms with E-state index in [-0.39, 0.29) is 6.10 Å². The van der Waals surface area contributed by atoms with Crippen molar-refractivity contribution in [3.8, 4) is 0 Å². The zero-order chi connectivity index (χ0) is 13.1. The predicted molar refractivity (Wildman–Crippen MR) is 75.6 cm³/mol. The molecule has 0 spiro atoms. The lowest BCUT2D eigenvalue weighted by Gasteiger charge is -2.27. The van der Waals surface area contributed by atoms with Gasteiger partial charge in [0.05, 0.1) is 22.0 Å². The number of aryl methyl sites for hydroxylation is 2. The van der Waals surface area contributed by atoms with Gasteiger partial charge in [-0.3, -0.25) is 4.68 Å². The van der Waals surface area contributed by atoms with E-state index in [1.165, 1.54) is 0 Å². The Balaban J connectivity index is 2.08. The molecule has 1 fully saturated rings. The summed E-state index contributed by atoms with van der Waals surface area (Å²) in [7, 11) is 0. The fourth-order valence-corrected chi connectivity index (χ4v) is 3.08. The van der Waals surface area contributed by atoms with E-state index in [0.29, 0.717) is 12.3 Å². The molecule has 2 atom stereocenters. The first-order valence-corrected chi connectivity index (χ1v) is 7.53. The second-order valence-electron chi connectivity index (χ2n) is 5.04. The Kier molecular flexibility index (Phi) is 4.81. The van der Waals surface area contributed by atoms with Crippen molar-refractivity contribution < 1.29 is 5.11 Å². The van der Waals surface area contributed by atoms with Gasteiger partial charge in [0.1, 0.15) is 0 Å². The minimum atomic E-state index is -0.282. The van der Waals surface area contributed by atoms with Crippen LogP contribution >= 0.6 is 15.9 Å². The van der Waals surface area contributed by atoms with E-state index in [0.717, 1.165) is 48.3 Å². The maximum atomic E-state index is 10.4. The van der Waals surface area contributed by atoms with Crippen LogP contribution in [0.1, 0.15) is 31.2 Å². The van der Waals surface area contributed by atoms with Gasteiger partial charge in [-0.25, -0.2) is 0 Å². The Morgan fingerprint density at radius 1 is 1.61 bits per heavy atom. The van der Waals surface area contributed by atoms with E-state index in [2.05, 4.69) is 33.3 Å². The first kappa shape index (κ1) is 14.0. The maximum absolute atomic E-state index is 10.4. The molecule has 2 rings (SSSR count). The lowest BCUT2D eigenvalue weighted by Crippen LogP contribution is -2.38. The maximum Gasteiger partial charge on any atom is 0.0738 e. The van der Waals surface area contributed by atoms with Crippen molar-refractivity contribution in [1.82, 2.24) is 15.1 Å². The average Bonchev–Trinajstić information content (AvgIpc) is 2.67. The van der Waals surface area contributed by atoms with E-state index in [4.69, 9.17) is 0 Å². The predicted octanol–water partition coefficient (Wildman–Crippen LogP) is 1.88. The van der Waals surface area contributed by atoms with Crippen LogP contribution < -0.4 is 5.32 Å². The normalized spacial score (nSPS) is 22.1. The molecule has 2 heterocycles. The third kappa shape index (κ3) is 2.95. The molecule has 1 aromatic rings. The highest BCUT2D eigenvalue weighted by Crippen LogP contribution is 2.25. The van der Waals surface area contributed by atoms with Gasteiger partial charge in [-0.15, -0.1) is 0 Å². The van der Waals surface area contributed by atoms with Gasteiger partial charge in [-0.1, -0.05) is 0 Å². The molecule has 102 valence electrons. The summed E-state index contributed by atoms with van der Waals surface area (Å²) in [5.41, 5.74) is 2.12. The quantitative estimate of drug-likeness (QED) is 0.892. The first-order valence-electron chi connectivity index (χ1n) is 6.74. The van der Waals surface area contributed by atoms with Gasteiger partial charge in [0.2, 0.25) is 0 Å². The summed E-state index contributed by atoms with van der Waals surface area (Å²) in [4.78, 5) is 0. The summed E-state index contributed by atoms with van der Waals surface area (Å²) >= 11 is 3.58. The highest BCUT2D eigenvalue weighted by molar-refractivity contribution is 9.10. The highest BCUT2D eigenvalue weighted by Gasteiger charge is 2.24. The fourth-order valence-electron chi connectivity index (χ4n) is 2.64. The van der Waals surface area contributed by atoms with Gasteiger partial charge in [-0.2, -0.15) is 5.10 Å². The summed E-state index contributed by atoms with van der Waals surface area (Å²) in [5.74, 6) is 0.367. The van der Waals surface area contributed by atoms with Crippen LogP contribution in [0.15, 0.2) is 4.47 Å². The minimum absolute atomic E-state index is 0.282. The number of nitrogens with zero attached hydrogens (tertiary/aromatic N) is 2. The molecule has 1 aliphatic heterocycles. The first-order chi connectivity index (χ1) is 8.63. The zero-order valence-electron chi connectivity index (χ0n) is 11.1. The van der Waals surface area contributed by atoms with Crippen molar-refractivity contribution in [3.05, 3.63) is 15.9 Å². The summed E-state index contributed by atoms with van der Waals surface area (Å²) in [6, 6.07) is 0. The van der Waals surface area contributed by atoms with E-state index in [9.17, 15) is 5.11 Å². The molecule has 0 bridgehead atoms. The number of halogens is 1. The Hall–Kier alpha value is -0.390. The van der Waals surface area contributed by atoms with Crippen molar-refractivity contribution in [2.45, 2.75) is 45.8 Å². The molecule has 4 nitrogen and oxygen atoms in total. The van der Waals surface area contributed by atoms with E-state index < -0.39 is 0 Å². The summed E-state index contributed by atoms with van der Waals surface area (Å²) in [6.07, 6.45) is 2.68. The molecule has 0 aliphatic carbocycles. The largest absolute Gasteiger partial charge is 0.392 e. The highest BCUT2D eigenvalue weighted by atomic mass is 79.9. The second-order valence-corrected chi connectivity index (χ2v) is 5.83. The van der Waals surface area contributed by atoms with Gasteiger partial charge >= 0.3 is 0 Å². The monoisotopic (exact) mass is 315 g/mol. The number of piperidine rings is 1. The number of nitrogens with one attached hydrogen (secondary N) is 1. The van der Waals surface area contributed by atoms with Crippen molar-refractivity contribution in [2.24, 2.45) is 5.92 Å². The molecule has 2 N–H and O–H groups in total. The molecule has 5 heteroatoms. The summed E-state index contributed by atoms with van der Waals surface area (Å²) < 4.78 is 3.03. The average molecular weight is 316 g/mol. The molecule has 2 unspecified atom stereocenters.